The van der Waals surface area contributed by atoms with Crippen LogP contribution in [0.2, 0.25) is 0 Å². The molecule has 0 bridgehead atoms. The fourth-order valence-electron chi connectivity index (χ4n) is 3.38. The van der Waals surface area contributed by atoms with Crippen LogP contribution in [0.25, 0.3) is 0 Å². The molecule has 27 heavy (non-hydrogen) atoms. The van der Waals surface area contributed by atoms with E-state index in [1.807, 2.05) is 49.4 Å². The summed E-state index contributed by atoms with van der Waals surface area (Å²) in [6.45, 7) is 5.73. The highest BCUT2D eigenvalue weighted by molar-refractivity contribution is 7.88. The molecule has 146 valence electrons. The fraction of sp³-hybridized carbons (Fsp3) is 0.429. The molecule has 1 N–H and O–H groups in total. The Balaban J connectivity index is 1.41. The molecule has 0 unspecified atom stereocenters. The van der Waals surface area contributed by atoms with Crippen molar-refractivity contribution in [2.75, 3.05) is 32.8 Å². The van der Waals surface area contributed by atoms with Crippen LogP contribution in [-0.4, -0.2) is 46.1 Å². The van der Waals surface area contributed by atoms with Gasteiger partial charge in [0.1, 0.15) is 0 Å². The molecule has 0 aliphatic carbocycles. The van der Waals surface area contributed by atoms with E-state index in [0.29, 0.717) is 13.2 Å². The number of nitrogens with zero attached hydrogens (tertiary/aromatic N) is 1. The lowest BCUT2D eigenvalue weighted by Gasteiger charge is -2.33. The smallest absolute Gasteiger partial charge is 0.215 e. The van der Waals surface area contributed by atoms with Gasteiger partial charge in [-0.15, -0.1) is 0 Å². The van der Waals surface area contributed by atoms with Gasteiger partial charge >= 0.3 is 0 Å². The zero-order valence-corrected chi connectivity index (χ0v) is 16.6. The number of hydrogen-bond donors (Lipinski definition) is 1. The van der Waals surface area contributed by atoms with E-state index in [9.17, 15) is 8.42 Å². The molecular weight excluding hydrogens is 360 g/mol. The number of hydrogen-bond acceptors (Lipinski definition) is 4. The molecule has 1 aliphatic heterocycles. The van der Waals surface area contributed by atoms with Crippen LogP contribution < -0.4 is 4.72 Å². The Morgan fingerprint density at radius 2 is 1.96 bits per heavy atom. The first-order valence-electron chi connectivity index (χ1n) is 9.44. The van der Waals surface area contributed by atoms with Gasteiger partial charge in [0.05, 0.1) is 18.5 Å². The second-order valence-electron chi connectivity index (χ2n) is 7.07. The van der Waals surface area contributed by atoms with Gasteiger partial charge in [-0.2, -0.15) is 0 Å². The minimum Gasteiger partial charge on any atom is -0.371 e. The van der Waals surface area contributed by atoms with Crippen molar-refractivity contribution in [2.24, 2.45) is 0 Å². The zero-order chi connectivity index (χ0) is 19.1. The zero-order valence-electron chi connectivity index (χ0n) is 15.8. The van der Waals surface area contributed by atoms with Gasteiger partial charge in [-0.25, -0.2) is 13.1 Å². The summed E-state index contributed by atoms with van der Waals surface area (Å²) < 4.78 is 33.1. The molecule has 0 spiro atoms. The maximum atomic E-state index is 12.3. The molecule has 0 radical (unpaired) electrons. The normalized spacial score (nSPS) is 18.5. The van der Waals surface area contributed by atoms with Crippen LogP contribution in [0, 0.1) is 6.92 Å². The van der Waals surface area contributed by atoms with Crippen molar-refractivity contribution >= 4 is 10.0 Å². The minimum absolute atomic E-state index is 0.0301. The van der Waals surface area contributed by atoms with Crippen molar-refractivity contribution in [3.63, 3.8) is 0 Å². The van der Waals surface area contributed by atoms with E-state index >= 15 is 0 Å². The Morgan fingerprint density at radius 3 is 2.74 bits per heavy atom. The molecule has 2 aromatic rings. The van der Waals surface area contributed by atoms with Crippen LogP contribution in [-0.2, 0) is 20.5 Å². The average Bonchev–Trinajstić information content (AvgIpc) is 2.66. The number of aryl methyl sites for hydroxylation is 1. The van der Waals surface area contributed by atoms with Crippen LogP contribution in [0.15, 0.2) is 54.6 Å². The summed E-state index contributed by atoms with van der Waals surface area (Å²) >= 11 is 0. The number of nitrogens with one attached hydrogen (secondary N) is 1. The largest absolute Gasteiger partial charge is 0.371 e. The van der Waals surface area contributed by atoms with Crippen molar-refractivity contribution in [1.82, 2.24) is 9.62 Å². The van der Waals surface area contributed by atoms with Crippen LogP contribution in [0.3, 0.4) is 0 Å². The molecule has 1 atom stereocenters. The molecule has 1 heterocycles. The standard InChI is InChI=1S/C21H28N2O3S/c1-18-7-5-8-19(15-18)17-27(24,25)22-11-6-12-23-13-14-26-21(16-23)20-9-3-2-4-10-20/h2-5,7-10,15,21-22H,6,11-14,16-17H2,1H3/t21-/m1/s1. The third-order valence-electron chi connectivity index (χ3n) is 4.73. The summed E-state index contributed by atoms with van der Waals surface area (Å²) in [7, 11) is -3.30. The number of sulfonamides is 1. The summed E-state index contributed by atoms with van der Waals surface area (Å²) in [4.78, 5) is 2.34. The third-order valence-corrected chi connectivity index (χ3v) is 6.09. The maximum Gasteiger partial charge on any atom is 0.215 e. The number of rotatable bonds is 8. The number of benzene rings is 2. The van der Waals surface area contributed by atoms with Gasteiger partial charge in [0.2, 0.25) is 10.0 Å². The van der Waals surface area contributed by atoms with Gasteiger partial charge in [0, 0.05) is 19.6 Å². The SMILES string of the molecule is Cc1cccc(CS(=O)(=O)NCCCN2CCO[C@@H](c3ccccc3)C2)c1. The number of morpholine rings is 1. The second-order valence-corrected chi connectivity index (χ2v) is 8.87. The molecule has 1 fully saturated rings. The molecule has 6 heteroatoms. The Hall–Kier alpha value is -1.73. The predicted octanol–water partition coefficient (Wildman–Crippen LogP) is 2.88. The fourth-order valence-corrected chi connectivity index (χ4v) is 4.55. The summed E-state index contributed by atoms with van der Waals surface area (Å²) in [6, 6.07) is 17.9. The van der Waals surface area contributed by atoms with E-state index in [0.717, 1.165) is 37.2 Å². The lowest BCUT2D eigenvalue weighted by atomic mass is 10.1. The Kier molecular flexibility index (Phi) is 7.01. The predicted molar refractivity (Wildman–Crippen MR) is 108 cm³/mol. The van der Waals surface area contributed by atoms with Crippen molar-refractivity contribution in [3.8, 4) is 0 Å². The van der Waals surface area contributed by atoms with Gasteiger partial charge in [0.25, 0.3) is 0 Å². The minimum atomic E-state index is -3.30. The topological polar surface area (TPSA) is 58.6 Å². The lowest BCUT2D eigenvalue weighted by molar-refractivity contribution is -0.0300. The number of ether oxygens (including phenoxy) is 1. The summed E-state index contributed by atoms with van der Waals surface area (Å²) in [5.74, 6) is 0.0301. The summed E-state index contributed by atoms with van der Waals surface area (Å²) in [5, 5.41) is 0. The van der Waals surface area contributed by atoms with E-state index in [4.69, 9.17) is 4.74 Å². The first kappa shape index (κ1) is 20.0. The third kappa shape index (κ3) is 6.43. The van der Waals surface area contributed by atoms with Gasteiger partial charge in [0.15, 0.2) is 0 Å². The molecule has 2 aromatic carbocycles. The van der Waals surface area contributed by atoms with Crippen molar-refractivity contribution < 1.29 is 13.2 Å². The summed E-state index contributed by atoms with van der Waals surface area (Å²) in [6.07, 6.45) is 0.882. The van der Waals surface area contributed by atoms with Gasteiger partial charge < -0.3 is 4.74 Å². The van der Waals surface area contributed by atoms with E-state index in [-0.39, 0.29) is 11.9 Å². The molecule has 0 amide bonds. The van der Waals surface area contributed by atoms with Crippen molar-refractivity contribution in [2.45, 2.75) is 25.2 Å². The van der Waals surface area contributed by atoms with E-state index in [1.54, 1.807) is 0 Å². The highest BCUT2D eigenvalue weighted by Crippen LogP contribution is 2.21. The first-order valence-corrected chi connectivity index (χ1v) is 11.1. The molecular formula is C21H28N2O3S. The van der Waals surface area contributed by atoms with Crippen molar-refractivity contribution in [1.29, 1.82) is 0 Å². The average molecular weight is 389 g/mol. The van der Waals surface area contributed by atoms with E-state index < -0.39 is 10.0 Å². The van der Waals surface area contributed by atoms with Crippen LogP contribution in [0.4, 0.5) is 0 Å². The van der Waals surface area contributed by atoms with Crippen LogP contribution >= 0.6 is 0 Å². The van der Waals surface area contributed by atoms with E-state index in [1.165, 1.54) is 5.56 Å². The Bertz CT molecular complexity index is 824. The molecule has 5 nitrogen and oxygen atoms in total. The van der Waals surface area contributed by atoms with Crippen LogP contribution in [0.1, 0.15) is 29.2 Å². The van der Waals surface area contributed by atoms with Crippen LogP contribution in [0.5, 0.6) is 0 Å². The first-order chi connectivity index (χ1) is 13.0. The molecule has 3 rings (SSSR count). The van der Waals surface area contributed by atoms with Gasteiger partial charge in [-0.05, 0) is 31.0 Å². The Labute approximate surface area is 162 Å². The van der Waals surface area contributed by atoms with E-state index in [2.05, 4.69) is 21.8 Å². The van der Waals surface area contributed by atoms with Crippen molar-refractivity contribution in [3.05, 3.63) is 71.3 Å². The molecule has 1 aliphatic rings. The molecule has 0 saturated carbocycles. The molecule has 0 aromatic heterocycles. The van der Waals surface area contributed by atoms with Gasteiger partial charge in [-0.3, -0.25) is 4.90 Å². The summed E-state index contributed by atoms with van der Waals surface area (Å²) in [5.41, 5.74) is 3.09. The Morgan fingerprint density at radius 1 is 1.15 bits per heavy atom. The monoisotopic (exact) mass is 388 g/mol. The second kappa shape index (κ2) is 9.46. The maximum absolute atomic E-state index is 12.3. The van der Waals surface area contributed by atoms with Gasteiger partial charge in [-0.1, -0.05) is 60.2 Å². The highest BCUT2D eigenvalue weighted by atomic mass is 32.2. The lowest BCUT2D eigenvalue weighted by Crippen LogP contribution is -2.39. The highest BCUT2D eigenvalue weighted by Gasteiger charge is 2.21. The molecule has 1 saturated heterocycles. The quantitative estimate of drug-likeness (QED) is 0.707.